The molecule has 0 atom stereocenters. The average molecular weight is 390 g/mol. The van der Waals surface area contributed by atoms with Crippen molar-refractivity contribution in [1.82, 2.24) is 0 Å². The number of hydrogen-bond acceptors (Lipinski definition) is 5. The second kappa shape index (κ2) is 7.09. The van der Waals surface area contributed by atoms with Crippen LogP contribution in [0.15, 0.2) is 48.6 Å². The van der Waals surface area contributed by atoms with Gasteiger partial charge in [0.1, 0.15) is 0 Å². The van der Waals surface area contributed by atoms with Crippen molar-refractivity contribution in [2.24, 2.45) is 0 Å². The molecule has 0 saturated heterocycles. The molecule has 0 aliphatic heterocycles. The molecule has 1 rings (SSSR count). The van der Waals surface area contributed by atoms with Crippen LogP contribution in [0.25, 0.3) is 0 Å². The van der Waals surface area contributed by atoms with E-state index < -0.39 is 32.6 Å². The van der Waals surface area contributed by atoms with E-state index in [1.165, 1.54) is 26.0 Å². The molecule has 1 N–H and O–H groups in total. The van der Waals surface area contributed by atoms with Crippen LogP contribution in [0, 0.1) is 3.57 Å². The summed E-state index contributed by atoms with van der Waals surface area (Å²) in [6, 6.07) is 5.97. The molecule has 0 aliphatic carbocycles. The van der Waals surface area contributed by atoms with E-state index in [-0.39, 0.29) is 16.9 Å². The van der Waals surface area contributed by atoms with Crippen LogP contribution in [0.5, 0.6) is 5.75 Å². The molecule has 108 valence electrons. The molecule has 0 amide bonds. The second-order valence-corrected chi connectivity index (χ2v) is 7.35. The molecule has 0 unspecified atom stereocenters. The van der Waals surface area contributed by atoms with Gasteiger partial charge in [0.15, 0.2) is 0 Å². The van der Waals surface area contributed by atoms with Crippen LogP contribution in [-0.4, -0.2) is 17.0 Å². The Balaban J connectivity index is 2.97. The van der Waals surface area contributed by atoms with Crippen LogP contribution >= 0.6 is 20.6 Å². The Morgan fingerprint density at radius 3 is 1.75 bits per heavy atom. The molecule has 6 heteroatoms. The first-order chi connectivity index (χ1) is 9.31. The summed E-state index contributed by atoms with van der Waals surface area (Å²) in [7, 11) is 0. The first-order valence-corrected chi connectivity index (χ1v) is 8.41. The Kier molecular flexibility index (Phi) is 5.75. The van der Waals surface area contributed by atoms with E-state index in [4.69, 9.17) is 6.13 Å². The number of carbonyl (C=O) groups is 2. The Labute approximate surface area is 125 Å². The number of aromatic hydroxyl groups is 1. The summed E-state index contributed by atoms with van der Waals surface area (Å²) in [6.07, 6.45) is 0. The minimum absolute atomic E-state index is 0.0713. The van der Waals surface area contributed by atoms with Crippen molar-refractivity contribution in [3.8, 4) is 5.75 Å². The predicted octanol–water partition coefficient (Wildman–Crippen LogP) is 3.14. The van der Waals surface area contributed by atoms with Gasteiger partial charge < -0.3 is 0 Å². The fraction of sp³-hybridized carbons (Fsp3) is 0.143. The van der Waals surface area contributed by atoms with Gasteiger partial charge in [0, 0.05) is 0 Å². The number of hydrogen-bond donors (Lipinski definition) is 1. The molecular weight excluding hydrogens is 375 g/mol. The molecule has 0 saturated carbocycles. The van der Waals surface area contributed by atoms with E-state index >= 15 is 0 Å². The monoisotopic (exact) mass is 390 g/mol. The minimum atomic E-state index is -2.97. The number of carbonyl (C=O) groups excluding carboxylic acids is 2. The third-order valence-electron chi connectivity index (χ3n) is 1.98. The molecule has 0 aliphatic rings. The zero-order valence-corrected chi connectivity index (χ0v) is 13.3. The van der Waals surface area contributed by atoms with Crippen molar-refractivity contribution in [2.75, 3.05) is 0 Å². The van der Waals surface area contributed by atoms with Crippen LogP contribution in [0.2, 0.25) is 0 Å². The summed E-state index contributed by atoms with van der Waals surface area (Å²) in [5, 5.41) is 9.25. The van der Waals surface area contributed by atoms with E-state index in [0.29, 0.717) is 3.57 Å². The summed E-state index contributed by atoms with van der Waals surface area (Å²) in [5.74, 6) is -1.15. The molecule has 0 bridgehead atoms. The van der Waals surface area contributed by atoms with Crippen molar-refractivity contribution >= 4 is 32.6 Å². The molecule has 5 nitrogen and oxygen atoms in total. The quantitative estimate of drug-likeness (QED) is 0.618. The van der Waals surface area contributed by atoms with Crippen molar-refractivity contribution in [1.29, 1.82) is 0 Å². The van der Waals surface area contributed by atoms with E-state index in [1.54, 1.807) is 12.1 Å². The number of benzene rings is 1. The standard InChI is InChI=1S/C14H15IO5/c1-9(2)13(17)19-15(20-14(18)10(3)4)11-5-7-12(16)8-6-11/h5-8,16H,1,3H2,2,4H3. The first kappa shape index (κ1) is 16.2. The van der Waals surface area contributed by atoms with Gasteiger partial charge in [0.2, 0.25) is 0 Å². The van der Waals surface area contributed by atoms with Crippen LogP contribution in [0.1, 0.15) is 13.8 Å². The Bertz CT molecular complexity index is 519. The molecule has 20 heavy (non-hydrogen) atoms. The van der Waals surface area contributed by atoms with Crippen molar-refractivity contribution < 1.29 is 20.8 Å². The van der Waals surface area contributed by atoms with Gasteiger partial charge in [-0.05, 0) is 0 Å². The van der Waals surface area contributed by atoms with Crippen LogP contribution in [0.4, 0.5) is 0 Å². The zero-order valence-electron chi connectivity index (χ0n) is 11.2. The molecule has 1 aromatic carbocycles. The fourth-order valence-corrected chi connectivity index (χ4v) is 3.93. The third kappa shape index (κ3) is 4.69. The van der Waals surface area contributed by atoms with E-state index in [0.717, 1.165) is 0 Å². The maximum absolute atomic E-state index is 11.6. The van der Waals surface area contributed by atoms with Gasteiger partial charge in [-0.25, -0.2) is 0 Å². The number of rotatable bonds is 5. The predicted molar refractivity (Wildman–Crippen MR) is 82.6 cm³/mol. The Morgan fingerprint density at radius 2 is 1.40 bits per heavy atom. The van der Waals surface area contributed by atoms with Crippen molar-refractivity contribution in [3.63, 3.8) is 0 Å². The van der Waals surface area contributed by atoms with Gasteiger partial charge in [0.25, 0.3) is 0 Å². The summed E-state index contributed by atoms with van der Waals surface area (Å²) >= 11 is -2.97. The van der Waals surface area contributed by atoms with Crippen LogP contribution in [0.3, 0.4) is 0 Å². The van der Waals surface area contributed by atoms with Gasteiger partial charge in [-0.3, -0.25) is 0 Å². The second-order valence-electron chi connectivity index (χ2n) is 3.98. The van der Waals surface area contributed by atoms with Gasteiger partial charge in [-0.15, -0.1) is 0 Å². The van der Waals surface area contributed by atoms with E-state index in [9.17, 15) is 14.7 Å². The van der Waals surface area contributed by atoms with Crippen LogP contribution in [-0.2, 0) is 15.7 Å². The van der Waals surface area contributed by atoms with Gasteiger partial charge in [-0.2, -0.15) is 0 Å². The number of phenolic OH excluding ortho intramolecular Hbond substituents is 1. The summed E-state index contributed by atoms with van der Waals surface area (Å²) in [6.45, 7) is 9.98. The topological polar surface area (TPSA) is 72.8 Å². The first-order valence-electron chi connectivity index (χ1n) is 5.57. The number of phenols is 1. The molecule has 1 aromatic rings. The summed E-state index contributed by atoms with van der Waals surface area (Å²) in [5.41, 5.74) is 0.440. The maximum atomic E-state index is 11.6. The Hall–Kier alpha value is -1.83. The molecule has 0 heterocycles. The van der Waals surface area contributed by atoms with E-state index in [1.807, 2.05) is 0 Å². The van der Waals surface area contributed by atoms with Gasteiger partial charge in [-0.1, -0.05) is 0 Å². The molecule has 0 spiro atoms. The zero-order chi connectivity index (χ0) is 15.3. The number of halogens is 1. The molecule has 0 aromatic heterocycles. The summed E-state index contributed by atoms with van der Waals surface area (Å²) < 4.78 is 11.0. The normalized spacial score (nSPS) is 10.4. The SMILES string of the molecule is C=C(C)C(=O)OI(OC(=O)C(=C)C)c1ccc(O)cc1. The van der Waals surface area contributed by atoms with E-state index in [2.05, 4.69) is 13.2 Å². The molecular formula is C14H15IO5. The van der Waals surface area contributed by atoms with Gasteiger partial charge in [0.05, 0.1) is 0 Å². The third-order valence-corrected chi connectivity index (χ3v) is 5.32. The van der Waals surface area contributed by atoms with Crippen LogP contribution < -0.4 is 0 Å². The molecule has 0 fully saturated rings. The van der Waals surface area contributed by atoms with Crippen molar-refractivity contribution in [2.45, 2.75) is 13.8 Å². The average Bonchev–Trinajstić information content (AvgIpc) is 2.38. The summed E-state index contributed by atoms with van der Waals surface area (Å²) in [4.78, 5) is 23.2. The van der Waals surface area contributed by atoms with Gasteiger partial charge >= 0.3 is 125 Å². The Morgan fingerprint density at radius 1 is 1.00 bits per heavy atom. The molecule has 0 radical (unpaired) electrons. The van der Waals surface area contributed by atoms with Crippen molar-refractivity contribution in [3.05, 3.63) is 52.1 Å². The fourth-order valence-electron chi connectivity index (χ4n) is 0.908.